The van der Waals surface area contributed by atoms with E-state index in [0.717, 1.165) is 15.4 Å². The van der Waals surface area contributed by atoms with Crippen molar-refractivity contribution in [2.75, 3.05) is 38.7 Å². The van der Waals surface area contributed by atoms with Gasteiger partial charge in [-0.15, -0.1) is 10.2 Å². The summed E-state index contributed by atoms with van der Waals surface area (Å²) in [4.78, 5) is 5.88. The third-order valence-corrected chi connectivity index (χ3v) is 6.64. The summed E-state index contributed by atoms with van der Waals surface area (Å²) in [5.74, 6) is -3.95. The van der Waals surface area contributed by atoms with Crippen molar-refractivity contribution in [3.8, 4) is 17.0 Å². The zero-order chi connectivity index (χ0) is 25.9. The van der Waals surface area contributed by atoms with Gasteiger partial charge in [-0.3, -0.25) is 4.90 Å². The first-order chi connectivity index (χ1) is 17.7. The first-order valence-corrected chi connectivity index (χ1v) is 11.4. The molecule has 1 atom stereocenters. The minimum Gasteiger partial charge on any atom is -0.479 e. The van der Waals surface area contributed by atoms with Crippen LogP contribution >= 0.6 is 0 Å². The number of alkyl halides is 4. The van der Waals surface area contributed by atoms with Crippen molar-refractivity contribution < 1.29 is 31.4 Å². The Morgan fingerprint density at radius 3 is 2.78 bits per heavy atom. The molecule has 0 bridgehead atoms. The van der Waals surface area contributed by atoms with Crippen molar-refractivity contribution in [3.63, 3.8) is 0 Å². The van der Waals surface area contributed by atoms with E-state index < -0.39 is 37.3 Å². The summed E-state index contributed by atoms with van der Waals surface area (Å²) in [6, 6.07) is 3.26. The Balaban J connectivity index is 1.36. The second-order valence-corrected chi connectivity index (χ2v) is 9.03. The van der Waals surface area contributed by atoms with E-state index in [1.54, 1.807) is 11.0 Å². The van der Waals surface area contributed by atoms with Gasteiger partial charge in [-0.05, 0) is 17.7 Å². The van der Waals surface area contributed by atoms with Gasteiger partial charge in [-0.1, -0.05) is 11.3 Å². The molecule has 1 aromatic carbocycles. The van der Waals surface area contributed by atoms with Gasteiger partial charge in [-0.2, -0.15) is 4.98 Å². The van der Waals surface area contributed by atoms with E-state index in [1.165, 1.54) is 19.2 Å². The summed E-state index contributed by atoms with van der Waals surface area (Å²) in [6.45, 7) is -0.196. The van der Waals surface area contributed by atoms with E-state index in [2.05, 4.69) is 25.7 Å². The SMILES string of the molecule is COc1nc(NC2CN(C3COC3)CC2(F)F)nn2cc(F)c(-c3ccc4nnn(CC(F)F)c4c3)c12. The largest absolute Gasteiger partial charge is 0.479 e. The quantitative estimate of drug-likeness (QED) is 0.369. The van der Waals surface area contributed by atoms with Crippen LogP contribution in [-0.2, 0) is 11.3 Å². The fourth-order valence-corrected chi connectivity index (χ4v) is 4.72. The highest BCUT2D eigenvalue weighted by atomic mass is 19.3. The van der Waals surface area contributed by atoms with Gasteiger partial charge in [0.2, 0.25) is 11.8 Å². The van der Waals surface area contributed by atoms with Crippen LogP contribution in [0.5, 0.6) is 5.88 Å². The molecule has 0 radical (unpaired) electrons. The molecule has 0 saturated carbocycles. The van der Waals surface area contributed by atoms with Crippen LogP contribution in [0.25, 0.3) is 27.7 Å². The zero-order valence-electron chi connectivity index (χ0n) is 19.4. The van der Waals surface area contributed by atoms with Crippen molar-refractivity contribution in [2.45, 2.75) is 31.0 Å². The maximum absolute atomic E-state index is 15.2. The standard InChI is InChI=1S/C22H21F5N8O2/c1-36-20-19-18(11-2-3-14-15(4-11)34(32-30-14)7-17(24)25)13(23)5-35(19)31-21(29-20)28-16-6-33(10-22(16,26)27)12-8-37-9-12/h2-5,12,16-17H,6-10H2,1H3,(H,28,31). The number of aromatic nitrogens is 6. The molecule has 0 amide bonds. The van der Waals surface area contributed by atoms with Crippen LogP contribution in [0, 0.1) is 5.82 Å². The molecule has 5 heterocycles. The highest BCUT2D eigenvalue weighted by Crippen LogP contribution is 2.36. The van der Waals surface area contributed by atoms with Crippen molar-refractivity contribution in [1.29, 1.82) is 0 Å². The van der Waals surface area contributed by atoms with Gasteiger partial charge in [-0.25, -0.2) is 31.1 Å². The van der Waals surface area contributed by atoms with E-state index >= 15 is 4.39 Å². The molecular formula is C22H21F5N8O2. The lowest BCUT2D eigenvalue weighted by molar-refractivity contribution is -0.0711. The number of nitrogens with zero attached hydrogens (tertiary/aromatic N) is 7. The summed E-state index contributed by atoms with van der Waals surface area (Å²) in [6.07, 6.45) is -1.58. The molecule has 2 saturated heterocycles. The van der Waals surface area contributed by atoms with Crippen LogP contribution in [0.2, 0.25) is 0 Å². The summed E-state index contributed by atoms with van der Waals surface area (Å²) in [5.41, 5.74) is 1.18. The number of hydrogen-bond acceptors (Lipinski definition) is 8. The van der Waals surface area contributed by atoms with E-state index in [0.29, 0.717) is 29.8 Å². The van der Waals surface area contributed by atoms with Gasteiger partial charge >= 0.3 is 0 Å². The van der Waals surface area contributed by atoms with Gasteiger partial charge in [0.25, 0.3) is 12.3 Å². The number of nitrogens with one attached hydrogen (secondary N) is 1. The maximum Gasteiger partial charge on any atom is 0.281 e. The van der Waals surface area contributed by atoms with E-state index in [9.17, 15) is 17.6 Å². The lowest BCUT2D eigenvalue weighted by atomic mass is 10.1. The smallest absolute Gasteiger partial charge is 0.281 e. The Morgan fingerprint density at radius 1 is 1.27 bits per heavy atom. The van der Waals surface area contributed by atoms with Gasteiger partial charge < -0.3 is 14.8 Å². The lowest BCUT2D eigenvalue weighted by Gasteiger charge is -2.34. The predicted molar refractivity (Wildman–Crippen MR) is 121 cm³/mol. The number of benzene rings is 1. The molecule has 1 N–H and O–H groups in total. The number of halogens is 5. The Morgan fingerprint density at radius 2 is 2.08 bits per heavy atom. The van der Waals surface area contributed by atoms with Gasteiger partial charge in [0.05, 0.1) is 50.2 Å². The highest BCUT2D eigenvalue weighted by molar-refractivity contribution is 5.89. The Labute approximate surface area is 205 Å². The highest BCUT2D eigenvalue weighted by Gasteiger charge is 2.51. The van der Waals surface area contributed by atoms with Crippen LogP contribution < -0.4 is 10.1 Å². The number of fused-ring (bicyclic) bond motifs is 2. The number of methoxy groups -OCH3 is 1. The second-order valence-electron chi connectivity index (χ2n) is 9.03. The average molecular weight is 524 g/mol. The fourth-order valence-electron chi connectivity index (χ4n) is 4.72. The molecule has 10 nitrogen and oxygen atoms in total. The third-order valence-electron chi connectivity index (χ3n) is 6.64. The van der Waals surface area contributed by atoms with Crippen LogP contribution in [0.1, 0.15) is 0 Å². The summed E-state index contributed by atoms with van der Waals surface area (Å²) in [5, 5.41) is 14.5. The van der Waals surface area contributed by atoms with Gasteiger partial charge in [0.1, 0.15) is 23.6 Å². The van der Waals surface area contributed by atoms with Crippen molar-refractivity contribution in [2.24, 2.45) is 0 Å². The van der Waals surface area contributed by atoms with Crippen molar-refractivity contribution in [3.05, 3.63) is 30.2 Å². The molecule has 37 heavy (non-hydrogen) atoms. The molecule has 6 rings (SSSR count). The Kier molecular flexibility index (Phi) is 5.63. The van der Waals surface area contributed by atoms with E-state index in [4.69, 9.17) is 9.47 Å². The van der Waals surface area contributed by atoms with Crippen molar-refractivity contribution >= 4 is 22.5 Å². The molecule has 2 aliphatic heterocycles. The molecule has 3 aromatic heterocycles. The molecule has 196 valence electrons. The number of ether oxygens (including phenoxy) is 2. The normalized spacial score (nSPS) is 20.2. The Hall–Kier alpha value is -3.59. The second kappa shape index (κ2) is 8.76. The number of likely N-dealkylation sites (tertiary alicyclic amines) is 1. The minimum absolute atomic E-state index is 0.0532. The fraction of sp³-hybridized carbons (Fsp3) is 0.455. The average Bonchev–Trinajstić information content (AvgIpc) is 3.44. The summed E-state index contributed by atoms with van der Waals surface area (Å²) < 4.78 is 83.2. The first-order valence-electron chi connectivity index (χ1n) is 11.4. The monoisotopic (exact) mass is 524 g/mol. The predicted octanol–water partition coefficient (Wildman–Crippen LogP) is 2.68. The van der Waals surface area contributed by atoms with Crippen LogP contribution in [0.3, 0.4) is 0 Å². The summed E-state index contributed by atoms with van der Waals surface area (Å²) >= 11 is 0. The summed E-state index contributed by atoms with van der Waals surface area (Å²) in [7, 11) is 1.31. The molecule has 2 aliphatic rings. The number of anilines is 1. The molecule has 1 unspecified atom stereocenters. The van der Waals surface area contributed by atoms with E-state index in [1.807, 2.05) is 0 Å². The van der Waals surface area contributed by atoms with Crippen LogP contribution in [0.15, 0.2) is 24.4 Å². The number of rotatable bonds is 7. The van der Waals surface area contributed by atoms with Gasteiger partial charge in [0, 0.05) is 6.54 Å². The third kappa shape index (κ3) is 4.11. The number of hydrogen-bond donors (Lipinski definition) is 1. The minimum atomic E-state index is -3.04. The van der Waals surface area contributed by atoms with Gasteiger partial charge in [0.15, 0.2) is 5.82 Å². The first kappa shape index (κ1) is 23.8. The van der Waals surface area contributed by atoms with Crippen LogP contribution in [0.4, 0.5) is 27.9 Å². The molecule has 4 aromatic rings. The lowest BCUT2D eigenvalue weighted by Crippen LogP contribution is -2.48. The molecule has 0 spiro atoms. The molecule has 2 fully saturated rings. The van der Waals surface area contributed by atoms with E-state index in [-0.39, 0.29) is 35.5 Å². The molecular weight excluding hydrogens is 503 g/mol. The Bertz CT molecular complexity index is 1470. The maximum atomic E-state index is 15.2. The van der Waals surface area contributed by atoms with Crippen molar-refractivity contribution in [1.82, 2.24) is 34.5 Å². The molecule has 15 heteroatoms. The topological polar surface area (TPSA) is 94.6 Å². The zero-order valence-corrected chi connectivity index (χ0v) is 19.4. The molecule has 0 aliphatic carbocycles. The van der Waals surface area contributed by atoms with Crippen LogP contribution in [-0.4, -0.2) is 92.3 Å².